The van der Waals surface area contributed by atoms with E-state index < -0.39 is 0 Å². The summed E-state index contributed by atoms with van der Waals surface area (Å²) >= 11 is 5.73. The van der Waals surface area contributed by atoms with Crippen molar-refractivity contribution in [2.75, 3.05) is 25.6 Å². The topological polar surface area (TPSA) is 80.2 Å². The molecule has 1 aliphatic carbocycles. The quantitative estimate of drug-likeness (QED) is 0.827. The van der Waals surface area contributed by atoms with Crippen molar-refractivity contribution < 1.29 is 9.53 Å². The predicted molar refractivity (Wildman–Crippen MR) is 65.8 cm³/mol. The van der Waals surface area contributed by atoms with Gasteiger partial charge >= 0.3 is 6.01 Å². The highest BCUT2D eigenvalue weighted by Crippen LogP contribution is 2.18. The number of carbonyl (C=O) groups is 1. The summed E-state index contributed by atoms with van der Waals surface area (Å²) in [4.78, 5) is 24.9. The molecule has 0 unspecified atom stereocenters. The Labute approximate surface area is 110 Å². The molecule has 1 amide bonds. The summed E-state index contributed by atoms with van der Waals surface area (Å²) in [5.41, 5.74) is 0. The first-order valence-electron chi connectivity index (χ1n) is 5.54. The maximum atomic E-state index is 11.6. The van der Waals surface area contributed by atoms with E-state index in [0.717, 1.165) is 12.8 Å². The number of hydrogen-bond donors (Lipinski definition) is 1. The number of carbonyl (C=O) groups excluding carboxylic acids is 1. The zero-order valence-corrected chi connectivity index (χ0v) is 10.9. The predicted octanol–water partition coefficient (Wildman–Crippen LogP) is 0.248. The van der Waals surface area contributed by atoms with Gasteiger partial charge in [0.05, 0.1) is 13.7 Å². The molecule has 1 aliphatic rings. The van der Waals surface area contributed by atoms with Crippen molar-refractivity contribution in [1.82, 2.24) is 20.3 Å². The van der Waals surface area contributed by atoms with Crippen molar-refractivity contribution in [2.24, 2.45) is 0 Å². The minimum Gasteiger partial charge on any atom is -0.467 e. The zero-order valence-electron chi connectivity index (χ0n) is 10.2. The molecule has 1 N–H and O–H groups in total. The van der Waals surface area contributed by atoms with Gasteiger partial charge < -0.3 is 15.0 Å². The van der Waals surface area contributed by atoms with Crippen LogP contribution in [0.4, 0.5) is 5.95 Å². The lowest BCUT2D eigenvalue weighted by atomic mass is 10.5. The van der Waals surface area contributed by atoms with Crippen LogP contribution in [0.1, 0.15) is 12.8 Å². The molecule has 0 bridgehead atoms. The first-order chi connectivity index (χ1) is 8.58. The van der Waals surface area contributed by atoms with E-state index in [4.69, 9.17) is 16.3 Å². The van der Waals surface area contributed by atoms with Crippen LogP contribution in [0.15, 0.2) is 0 Å². The van der Waals surface area contributed by atoms with E-state index in [-0.39, 0.29) is 23.7 Å². The number of ether oxygens (including phenoxy) is 1. The Morgan fingerprint density at radius 3 is 2.83 bits per heavy atom. The number of hydrogen-bond acceptors (Lipinski definition) is 6. The summed E-state index contributed by atoms with van der Waals surface area (Å²) in [5, 5.41) is 2.92. The fourth-order valence-corrected chi connectivity index (χ4v) is 1.52. The minimum absolute atomic E-state index is 0.0336. The molecule has 0 aliphatic heterocycles. The first kappa shape index (κ1) is 12.8. The summed E-state index contributed by atoms with van der Waals surface area (Å²) < 4.78 is 4.89. The Hall–Kier alpha value is -1.63. The number of methoxy groups -OCH3 is 1. The molecule has 0 radical (unpaired) electrons. The molecule has 1 heterocycles. The molecular weight excluding hydrogens is 258 g/mol. The van der Waals surface area contributed by atoms with Crippen molar-refractivity contribution >= 4 is 23.5 Å². The van der Waals surface area contributed by atoms with E-state index in [2.05, 4.69) is 20.3 Å². The minimum atomic E-state index is -0.0597. The molecule has 7 nitrogen and oxygen atoms in total. The highest BCUT2D eigenvalue weighted by Gasteiger charge is 2.24. The van der Waals surface area contributed by atoms with Gasteiger partial charge in [0, 0.05) is 13.1 Å². The van der Waals surface area contributed by atoms with E-state index in [1.165, 1.54) is 7.11 Å². The van der Waals surface area contributed by atoms with Crippen molar-refractivity contribution in [3.8, 4) is 6.01 Å². The number of anilines is 1. The molecule has 1 aromatic rings. The lowest BCUT2D eigenvalue weighted by Gasteiger charge is -2.16. The monoisotopic (exact) mass is 271 g/mol. The zero-order chi connectivity index (χ0) is 13.1. The van der Waals surface area contributed by atoms with E-state index in [9.17, 15) is 4.79 Å². The van der Waals surface area contributed by atoms with Crippen LogP contribution in [0, 0.1) is 0 Å². The summed E-state index contributed by atoms with van der Waals surface area (Å²) in [7, 11) is 3.15. The Bertz CT molecular complexity index is 452. The average Bonchev–Trinajstić information content (AvgIpc) is 3.11. The van der Waals surface area contributed by atoms with Crippen molar-refractivity contribution in [3.63, 3.8) is 0 Å². The summed E-state index contributed by atoms with van der Waals surface area (Å²) in [5.74, 6) is 0.244. The van der Waals surface area contributed by atoms with E-state index in [1.54, 1.807) is 11.9 Å². The molecule has 0 atom stereocenters. The standard InChI is InChI=1S/C10H14ClN5O2/c1-16(5-7(17)12-6-3-4-6)9-13-8(11)14-10(15-9)18-2/h6H,3-5H2,1-2H3,(H,12,17). The SMILES string of the molecule is COc1nc(Cl)nc(N(C)CC(=O)NC2CC2)n1. The molecule has 0 spiro atoms. The van der Waals surface area contributed by atoms with Crippen LogP contribution < -0.4 is 15.0 Å². The maximum Gasteiger partial charge on any atom is 0.322 e. The van der Waals surface area contributed by atoms with E-state index >= 15 is 0 Å². The normalized spacial score (nSPS) is 14.2. The lowest BCUT2D eigenvalue weighted by molar-refractivity contribution is -0.119. The molecule has 1 aromatic heterocycles. The fraction of sp³-hybridized carbons (Fsp3) is 0.600. The van der Waals surface area contributed by atoms with Gasteiger partial charge in [-0.1, -0.05) is 0 Å². The largest absolute Gasteiger partial charge is 0.467 e. The number of aromatic nitrogens is 3. The third-order valence-corrected chi connectivity index (χ3v) is 2.59. The summed E-state index contributed by atoms with van der Waals surface area (Å²) in [6, 6.07) is 0.460. The molecular formula is C10H14ClN5O2. The molecule has 1 saturated carbocycles. The Kier molecular flexibility index (Phi) is 3.81. The van der Waals surface area contributed by atoms with Crippen LogP contribution in [-0.4, -0.2) is 47.6 Å². The van der Waals surface area contributed by atoms with Gasteiger partial charge in [0.25, 0.3) is 0 Å². The molecule has 98 valence electrons. The second-order valence-corrected chi connectivity index (χ2v) is 4.43. The third kappa shape index (κ3) is 3.43. The maximum absolute atomic E-state index is 11.6. The van der Waals surface area contributed by atoms with Crippen LogP contribution >= 0.6 is 11.6 Å². The molecule has 2 rings (SSSR count). The molecule has 1 fully saturated rings. The Balaban J connectivity index is 2.00. The number of nitrogens with zero attached hydrogens (tertiary/aromatic N) is 4. The van der Waals surface area contributed by atoms with Crippen LogP contribution in [0.5, 0.6) is 6.01 Å². The molecule has 18 heavy (non-hydrogen) atoms. The highest BCUT2D eigenvalue weighted by atomic mass is 35.5. The van der Waals surface area contributed by atoms with Crippen LogP contribution in [0.2, 0.25) is 5.28 Å². The van der Waals surface area contributed by atoms with Gasteiger partial charge in [-0.2, -0.15) is 15.0 Å². The van der Waals surface area contributed by atoms with Crippen LogP contribution in [0.3, 0.4) is 0 Å². The second-order valence-electron chi connectivity index (χ2n) is 4.09. The number of nitrogens with one attached hydrogen (secondary N) is 1. The van der Waals surface area contributed by atoms with E-state index in [1.807, 2.05) is 0 Å². The first-order valence-corrected chi connectivity index (χ1v) is 5.92. The Morgan fingerprint density at radius 2 is 2.22 bits per heavy atom. The van der Waals surface area contributed by atoms with E-state index in [0.29, 0.717) is 12.0 Å². The number of halogens is 1. The van der Waals surface area contributed by atoms with Gasteiger partial charge in [0.1, 0.15) is 0 Å². The van der Waals surface area contributed by atoms with Crippen molar-refractivity contribution in [2.45, 2.75) is 18.9 Å². The average molecular weight is 272 g/mol. The number of amides is 1. The molecule has 0 aromatic carbocycles. The summed E-state index contributed by atoms with van der Waals surface area (Å²) in [6.45, 7) is 0.167. The van der Waals surface area contributed by atoms with Crippen LogP contribution in [0.25, 0.3) is 0 Å². The van der Waals surface area contributed by atoms with Crippen molar-refractivity contribution in [1.29, 1.82) is 0 Å². The highest BCUT2D eigenvalue weighted by molar-refractivity contribution is 6.28. The van der Waals surface area contributed by atoms with Crippen LogP contribution in [-0.2, 0) is 4.79 Å². The van der Waals surface area contributed by atoms with Gasteiger partial charge in [-0.25, -0.2) is 0 Å². The summed E-state index contributed by atoms with van der Waals surface area (Å²) in [6.07, 6.45) is 2.11. The number of rotatable bonds is 5. The molecule has 8 heteroatoms. The van der Waals surface area contributed by atoms with Gasteiger partial charge in [-0.3, -0.25) is 4.79 Å². The third-order valence-electron chi connectivity index (χ3n) is 2.42. The molecule has 0 saturated heterocycles. The Morgan fingerprint density at radius 1 is 1.50 bits per heavy atom. The second kappa shape index (κ2) is 5.34. The fourth-order valence-electron chi connectivity index (χ4n) is 1.37. The van der Waals surface area contributed by atoms with Gasteiger partial charge in [-0.05, 0) is 24.4 Å². The lowest BCUT2D eigenvalue weighted by Crippen LogP contribution is -2.37. The van der Waals surface area contributed by atoms with Gasteiger partial charge in [-0.15, -0.1) is 0 Å². The van der Waals surface area contributed by atoms with Gasteiger partial charge in [0.2, 0.25) is 17.1 Å². The smallest absolute Gasteiger partial charge is 0.322 e. The van der Waals surface area contributed by atoms with Gasteiger partial charge in [0.15, 0.2) is 0 Å². The van der Waals surface area contributed by atoms with Crippen molar-refractivity contribution in [3.05, 3.63) is 5.28 Å². The number of likely N-dealkylation sites (N-methyl/N-ethyl adjacent to an activating group) is 1.